The molecule has 1 aliphatic heterocycles. The Kier molecular flexibility index (Phi) is 14.9. The van der Waals surface area contributed by atoms with Crippen molar-refractivity contribution in [2.24, 2.45) is 4.99 Å². The monoisotopic (exact) mass is 840 g/mol. The molecule has 52 heavy (non-hydrogen) atoms. The van der Waals surface area contributed by atoms with E-state index in [0.29, 0.717) is 0 Å². The summed E-state index contributed by atoms with van der Waals surface area (Å²) in [6.45, 7) is 0. The van der Waals surface area contributed by atoms with E-state index in [1.807, 2.05) is 121 Å². The number of pyridine rings is 4. The first-order chi connectivity index (χ1) is 24.2. The van der Waals surface area contributed by atoms with Gasteiger partial charge in [0.15, 0.2) is 0 Å². The first-order valence-corrected chi connectivity index (χ1v) is 18.2. The molecule has 6 aromatic rings. The molecule has 15 heteroatoms. The van der Waals surface area contributed by atoms with Gasteiger partial charge in [-0.05, 0) is 54.1 Å². The van der Waals surface area contributed by atoms with E-state index in [9.17, 15) is 30.3 Å². The molecular formula is C37H31F6N5OPRuS. The number of aliphatic hydroxyl groups excluding tert-OH is 1. The molecule has 0 aliphatic carbocycles. The maximum absolute atomic E-state index is 10.7. The first kappa shape index (κ1) is 41.7. The number of aliphatic hydroxyl groups is 1. The van der Waals surface area contributed by atoms with Crippen LogP contribution in [-0.4, -0.2) is 35.8 Å². The van der Waals surface area contributed by atoms with E-state index in [4.69, 9.17) is 0 Å². The van der Waals surface area contributed by atoms with E-state index in [-0.39, 0.29) is 31.3 Å². The van der Waals surface area contributed by atoms with E-state index in [1.54, 1.807) is 42.6 Å². The molecule has 0 fully saturated rings. The Morgan fingerprint density at radius 1 is 0.558 bits per heavy atom. The zero-order chi connectivity index (χ0) is 36.6. The summed E-state index contributed by atoms with van der Waals surface area (Å²) in [5.74, 6) is 1.20. The molecule has 0 unspecified atom stereocenters. The maximum atomic E-state index is 10.1. The second-order valence-electron chi connectivity index (χ2n) is 10.4. The second kappa shape index (κ2) is 18.6. The number of benzene rings is 2. The number of aromatic nitrogens is 4. The number of nitrogens with zero attached hydrogens (tertiary/aromatic N) is 5. The van der Waals surface area contributed by atoms with Gasteiger partial charge < -0.3 is 5.11 Å². The molecule has 6 nitrogen and oxygen atoms in total. The summed E-state index contributed by atoms with van der Waals surface area (Å²) in [5.41, 5.74) is 5.70. The largest absolute Gasteiger partial charge is 1.00 e. The summed E-state index contributed by atoms with van der Waals surface area (Å²) in [6.07, 6.45) is 8.82. The van der Waals surface area contributed by atoms with E-state index < -0.39 is 7.81 Å². The van der Waals surface area contributed by atoms with Crippen molar-refractivity contribution in [3.05, 3.63) is 175 Å². The molecule has 0 saturated carbocycles. The first-order valence-electron chi connectivity index (χ1n) is 15.1. The number of hydrogen-bond donors (Lipinski definition) is 1. The number of halogens is 6. The Morgan fingerprint density at radius 3 is 1.25 bits per heavy atom. The van der Waals surface area contributed by atoms with Crippen LogP contribution in [-0.2, 0) is 19.5 Å². The summed E-state index contributed by atoms with van der Waals surface area (Å²) in [6, 6.07) is 43.2. The zero-order valence-corrected chi connectivity index (χ0v) is 30.5. The van der Waals surface area contributed by atoms with E-state index in [2.05, 4.69) is 37.1 Å². The summed E-state index contributed by atoms with van der Waals surface area (Å²) >= 11 is 1.68. The molecule has 271 valence electrons. The summed E-state index contributed by atoms with van der Waals surface area (Å²) < 4.78 is 59.2. The number of aliphatic imine (C=N–C) groups is 1. The van der Waals surface area contributed by atoms with Gasteiger partial charge in [0.25, 0.3) is 0 Å². The van der Waals surface area contributed by atoms with Crippen molar-refractivity contribution in [2.75, 3.05) is 5.75 Å². The Labute approximate surface area is 313 Å². The van der Waals surface area contributed by atoms with Crippen LogP contribution in [0, 0.1) is 0 Å². The van der Waals surface area contributed by atoms with E-state index >= 15 is 0 Å². The minimum Gasteiger partial charge on any atom is -0.507 e. The predicted molar refractivity (Wildman–Crippen MR) is 195 cm³/mol. The Hall–Kier alpha value is -4.77. The van der Waals surface area contributed by atoms with Gasteiger partial charge in [0, 0.05) is 42.2 Å². The van der Waals surface area contributed by atoms with Crippen molar-refractivity contribution >= 4 is 30.4 Å². The summed E-state index contributed by atoms with van der Waals surface area (Å²) in [5, 5.41) is 11.0. The molecule has 0 bridgehead atoms. The predicted octanol–water partition coefficient (Wildman–Crippen LogP) is 12.1. The van der Waals surface area contributed by atoms with Crippen molar-refractivity contribution < 1.29 is 49.8 Å². The fraction of sp³-hybridized carbons (Fsp3) is 0.0541. The van der Waals surface area contributed by atoms with Crippen LogP contribution < -0.4 is 0 Å². The van der Waals surface area contributed by atoms with Crippen molar-refractivity contribution in [2.45, 2.75) is 6.04 Å². The van der Waals surface area contributed by atoms with Gasteiger partial charge >= 0.3 is 52.5 Å². The average molecular weight is 840 g/mol. The van der Waals surface area contributed by atoms with Gasteiger partial charge in [-0.3, -0.25) is 24.9 Å². The molecule has 1 N–H and O–H groups in total. The number of hydrogen-bond acceptors (Lipinski definition) is 7. The van der Waals surface area contributed by atoms with Crippen LogP contribution in [0.3, 0.4) is 0 Å². The summed E-state index contributed by atoms with van der Waals surface area (Å²) in [4.78, 5) is 21.4. The zero-order valence-electron chi connectivity index (χ0n) is 27.0. The van der Waals surface area contributed by atoms with E-state index in [0.717, 1.165) is 39.1 Å². The fourth-order valence-electron chi connectivity index (χ4n) is 4.18. The third-order valence-corrected chi connectivity index (χ3v) is 7.37. The van der Waals surface area contributed by atoms with Crippen LogP contribution in [0.15, 0.2) is 169 Å². The van der Waals surface area contributed by atoms with Crippen LogP contribution in [0.4, 0.5) is 25.2 Å². The third kappa shape index (κ3) is 17.0. The Balaban J connectivity index is 0.000000199. The van der Waals surface area contributed by atoms with Crippen molar-refractivity contribution in [3.8, 4) is 22.8 Å². The SMILES string of the molecule is F[P-](F)(F)(F)(F)F.O/C(=C\C1=N[C@@H](c2ccccc2)CS1)c1ccccc1.[Ru+].c1ccc(-c2ccccn2)nc1.c1ccc(-c2ccccn2)nc1. The Morgan fingerprint density at radius 2 is 0.904 bits per heavy atom. The quantitative estimate of drug-likeness (QED) is 0.0806. The molecule has 0 saturated heterocycles. The van der Waals surface area contributed by atoms with Crippen molar-refractivity contribution in [3.63, 3.8) is 0 Å². The molecule has 1 radical (unpaired) electrons. The van der Waals surface area contributed by atoms with Crippen LogP contribution in [0.1, 0.15) is 17.2 Å². The second-order valence-corrected chi connectivity index (χ2v) is 13.4. The van der Waals surface area contributed by atoms with Gasteiger partial charge in [-0.15, -0.1) is 11.8 Å². The molecule has 7 rings (SSSR count). The molecule has 5 heterocycles. The molecule has 1 atom stereocenters. The van der Waals surface area contributed by atoms with Gasteiger partial charge in [-0.1, -0.05) is 84.9 Å². The molecular weight excluding hydrogens is 809 g/mol. The average Bonchev–Trinajstić information content (AvgIpc) is 3.62. The maximum Gasteiger partial charge on any atom is 1.00 e. The van der Waals surface area contributed by atoms with Gasteiger partial charge in [-0.25, -0.2) is 0 Å². The molecule has 0 amide bonds. The van der Waals surface area contributed by atoms with Crippen LogP contribution >= 0.6 is 19.6 Å². The summed E-state index contributed by atoms with van der Waals surface area (Å²) in [7, 11) is -10.7. The Bertz CT molecular complexity index is 1830. The van der Waals surface area contributed by atoms with Crippen LogP contribution in [0.25, 0.3) is 28.5 Å². The van der Waals surface area contributed by atoms with Gasteiger partial charge in [0.1, 0.15) is 5.76 Å². The van der Waals surface area contributed by atoms with Gasteiger partial charge in [0.2, 0.25) is 0 Å². The van der Waals surface area contributed by atoms with Gasteiger partial charge in [0.05, 0.1) is 33.9 Å². The van der Waals surface area contributed by atoms with Crippen LogP contribution in [0.2, 0.25) is 0 Å². The smallest absolute Gasteiger partial charge is 0.507 e. The van der Waals surface area contributed by atoms with Crippen molar-refractivity contribution in [1.29, 1.82) is 0 Å². The van der Waals surface area contributed by atoms with E-state index in [1.165, 1.54) is 5.56 Å². The normalized spacial score (nSPS) is 14.8. The number of rotatable bonds is 5. The molecule has 0 spiro atoms. The van der Waals surface area contributed by atoms with Gasteiger partial charge in [-0.2, -0.15) is 0 Å². The topological polar surface area (TPSA) is 84.2 Å². The van der Waals surface area contributed by atoms with Crippen LogP contribution in [0.5, 0.6) is 0 Å². The minimum absolute atomic E-state index is 0. The van der Waals surface area contributed by atoms with Crippen molar-refractivity contribution in [1.82, 2.24) is 19.9 Å². The minimum atomic E-state index is -10.7. The fourth-order valence-corrected chi connectivity index (χ4v) is 5.18. The molecule has 4 aromatic heterocycles. The molecule has 1 aliphatic rings. The number of thioether (sulfide) groups is 1. The molecule has 2 aromatic carbocycles. The standard InChI is InChI=1S/C17H15NOS.2C10H8N2.F6P.Ru/c19-16(14-9-5-2-6-10-14)11-17-18-15(12-20-17)13-7-3-1-4-8-13;2*1-3-7-11-9(5-1)10-6-2-4-8-12-10;1-7(2,3,4,5)6;/h1-11,15,19H,12H2;2*1-8H;;/q;;;-1;+1/b16-11-;;;;/t15-;;;;/m1..../s1. The third-order valence-electron chi connectivity index (χ3n) is 6.37.